The highest BCUT2D eigenvalue weighted by Crippen LogP contribution is 2.40. The van der Waals surface area contributed by atoms with Gasteiger partial charge in [-0.3, -0.25) is 14.6 Å². The van der Waals surface area contributed by atoms with Crippen LogP contribution in [0.5, 0.6) is 0 Å². The van der Waals surface area contributed by atoms with Crippen LogP contribution in [0.2, 0.25) is 5.15 Å². The van der Waals surface area contributed by atoms with Crippen LogP contribution in [-0.2, 0) is 10.2 Å². The van der Waals surface area contributed by atoms with Crippen molar-refractivity contribution in [3.63, 3.8) is 0 Å². The number of aromatic nitrogens is 1. The Bertz CT molecular complexity index is 712. The zero-order chi connectivity index (χ0) is 17.7. The highest BCUT2D eigenvalue weighted by Gasteiger charge is 2.54. The number of fused-ring (bicyclic) bond motifs is 1. The molecule has 6 nitrogen and oxygen atoms in total. The molecule has 0 saturated carbocycles. The van der Waals surface area contributed by atoms with Crippen molar-refractivity contribution in [2.45, 2.75) is 32.0 Å². The van der Waals surface area contributed by atoms with E-state index in [2.05, 4.69) is 4.98 Å². The molecule has 2 saturated heterocycles. The van der Waals surface area contributed by atoms with Gasteiger partial charge in [-0.1, -0.05) is 43.7 Å². The van der Waals surface area contributed by atoms with Gasteiger partial charge in [-0.25, -0.2) is 9.37 Å². The van der Waals surface area contributed by atoms with Crippen LogP contribution < -0.4 is 4.90 Å². The molecule has 1 atom stereocenters. The van der Waals surface area contributed by atoms with E-state index in [0.29, 0.717) is 36.5 Å². The first kappa shape index (κ1) is 17.4. The molecule has 0 spiro atoms. The van der Waals surface area contributed by atoms with E-state index in [1.165, 1.54) is 26.0 Å². The van der Waals surface area contributed by atoms with Crippen LogP contribution in [-0.4, -0.2) is 59.2 Å². The summed E-state index contributed by atoms with van der Waals surface area (Å²) in [7, 11) is 0. The van der Waals surface area contributed by atoms with Crippen LogP contribution >= 0.6 is 22.9 Å². The lowest BCUT2D eigenvalue weighted by Crippen LogP contribution is -2.70. The first-order chi connectivity index (χ1) is 11.2. The van der Waals surface area contributed by atoms with Crippen LogP contribution in [0.15, 0.2) is 0 Å². The maximum atomic E-state index is 15.4. The van der Waals surface area contributed by atoms with Crippen molar-refractivity contribution >= 4 is 34.0 Å². The van der Waals surface area contributed by atoms with Gasteiger partial charge in [0.25, 0.3) is 11.7 Å². The second-order valence-electron chi connectivity index (χ2n) is 7.09. The Morgan fingerprint density at radius 2 is 2.00 bits per heavy atom. The first-order valence-electron chi connectivity index (χ1n) is 7.74. The Morgan fingerprint density at radius 1 is 1.33 bits per heavy atom. The molecule has 9 heteroatoms. The largest absolute Gasteiger partial charge is 0.304 e. The van der Waals surface area contributed by atoms with E-state index >= 15 is 4.39 Å². The van der Waals surface area contributed by atoms with Gasteiger partial charge in [0.05, 0.1) is 11.4 Å². The first-order valence-corrected chi connectivity index (χ1v) is 8.93. The highest BCUT2D eigenvalue weighted by atomic mass is 35.5. The summed E-state index contributed by atoms with van der Waals surface area (Å²) in [5, 5.41) is 9.80. The minimum absolute atomic E-state index is 0.201. The van der Waals surface area contributed by atoms with Gasteiger partial charge in [-0.05, 0) is 5.41 Å². The molecule has 1 amide bonds. The summed E-state index contributed by atoms with van der Waals surface area (Å²) in [5.74, 6) is -2.86. The number of amides is 1. The van der Waals surface area contributed by atoms with E-state index < -0.39 is 11.7 Å². The van der Waals surface area contributed by atoms with E-state index in [1.807, 2.05) is 27.0 Å². The minimum atomic E-state index is -2.19. The molecule has 2 fully saturated rings. The third kappa shape index (κ3) is 2.75. The lowest BCUT2D eigenvalue weighted by molar-refractivity contribution is -0.156. The molecule has 1 aromatic heterocycles. The molecule has 2 aliphatic rings. The van der Waals surface area contributed by atoms with Crippen LogP contribution in [0, 0.1) is 11.5 Å². The molecule has 2 aliphatic heterocycles. The number of rotatable bonds is 1. The predicted octanol–water partition coefficient (Wildman–Crippen LogP) is 2.21. The molecule has 0 aromatic carbocycles. The fraction of sp³-hybridized carbons (Fsp3) is 0.667. The van der Waals surface area contributed by atoms with Crippen LogP contribution in [0.1, 0.15) is 25.6 Å². The van der Waals surface area contributed by atoms with Crippen molar-refractivity contribution in [3.8, 4) is 6.19 Å². The Labute approximate surface area is 149 Å². The third-order valence-electron chi connectivity index (χ3n) is 4.34. The smallest absolute Gasteiger partial charge is 0.283 e. The maximum Gasteiger partial charge on any atom is 0.283 e. The number of nitrogens with zero attached hydrogens (tertiary/aromatic N) is 5. The number of thiazole rings is 1. The second-order valence-corrected chi connectivity index (χ2v) is 8.43. The molecular formula is C15H19ClFN5OS. The number of anilines is 1. The molecule has 0 N–H and O–H groups in total. The Morgan fingerprint density at radius 3 is 2.58 bits per heavy atom. The standard InChI is InChI=1S/C15H19ClFN5OS/c1-14(2,3)10-11(16)19-13(24-10)22-7-6-21-5-4-20(9-18)8-15(21,17)12(22)23/h4-8H2,1-3H3/t15-/m0/s1. The number of piperazine rings is 2. The molecule has 3 heterocycles. The summed E-state index contributed by atoms with van der Waals surface area (Å²) in [5.41, 5.74) is -0.201. The zero-order valence-corrected chi connectivity index (χ0v) is 15.4. The average molecular weight is 372 g/mol. The quantitative estimate of drug-likeness (QED) is 0.559. The van der Waals surface area contributed by atoms with Crippen molar-refractivity contribution in [3.05, 3.63) is 10.0 Å². The number of hydrogen-bond donors (Lipinski definition) is 0. The Hall–Kier alpha value is -1.43. The van der Waals surface area contributed by atoms with Crippen molar-refractivity contribution in [2.75, 3.05) is 37.6 Å². The van der Waals surface area contributed by atoms with Crippen molar-refractivity contribution in [1.82, 2.24) is 14.8 Å². The van der Waals surface area contributed by atoms with Gasteiger partial charge in [-0.2, -0.15) is 5.26 Å². The zero-order valence-electron chi connectivity index (χ0n) is 13.8. The van der Waals surface area contributed by atoms with Crippen molar-refractivity contribution in [1.29, 1.82) is 5.26 Å². The number of hydrogen-bond acceptors (Lipinski definition) is 6. The summed E-state index contributed by atoms with van der Waals surface area (Å²) < 4.78 is 15.4. The van der Waals surface area contributed by atoms with E-state index in [1.54, 1.807) is 0 Å². The molecule has 130 valence electrons. The molecule has 0 bridgehead atoms. The molecule has 1 aromatic rings. The Balaban J connectivity index is 1.91. The molecular weight excluding hydrogens is 353 g/mol. The SMILES string of the molecule is CC(C)(C)c1sc(N2CCN3CCN(C#N)C[C@@]3(F)C2=O)nc1Cl. The Kier molecular flexibility index (Phi) is 4.22. The van der Waals surface area contributed by atoms with Gasteiger partial charge in [-0.15, -0.1) is 0 Å². The summed E-state index contributed by atoms with van der Waals surface area (Å²) >= 11 is 7.54. The number of nitriles is 1. The van der Waals surface area contributed by atoms with Crippen LogP contribution in [0.3, 0.4) is 0 Å². The number of carbonyl (C=O) groups excluding carboxylic acids is 1. The van der Waals surface area contributed by atoms with E-state index in [9.17, 15) is 4.79 Å². The second kappa shape index (κ2) is 5.83. The van der Waals surface area contributed by atoms with Gasteiger partial charge < -0.3 is 4.90 Å². The van der Waals surface area contributed by atoms with Crippen LogP contribution in [0.25, 0.3) is 0 Å². The lowest BCUT2D eigenvalue weighted by atomic mass is 9.95. The fourth-order valence-corrected chi connectivity index (χ4v) is 4.58. The van der Waals surface area contributed by atoms with Crippen molar-refractivity contribution in [2.24, 2.45) is 0 Å². The molecule has 0 unspecified atom stereocenters. The minimum Gasteiger partial charge on any atom is -0.304 e. The fourth-order valence-electron chi connectivity index (χ4n) is 3.01. The summed E-state index contributed by atoms with van der Waals surface area (Å²) in [6, 6.07) is 0. The van der Waals surface area contributed by atoms with Gasteiger partial charge in [0.1, 0.15) is 5.15 Å². The van der Waals surface area contributed by atoms with Crippen molar-refractivity contribution < 1.29 is 9.18 Å². The molecule has 0 radical (unpaired) electrons. The third-order valence-corrected chi connectivity index (χ3v) is 6.23. The normalized spacial score (nSPS) is 25.6. The monoisotopic (exact) mass is 371 g/mol. The lowest BCUT2D eigenvalue weighted by Gasteiger charge is -2.48. The topological polar surface area (TPSA) is 63.5 Å². The van der Waals surface area contributed by atoms with Gasteiger partial charge >= 0.3 is 0 Å². The van der Waals surface area contributed by atoms with Gasteiger partial charge in [0, 0.05) is 26.2 Å². The number of halogens is 2. The molecule has 24 heavy (non-hydrogen) atoms. The maximum absolute atomic E-state index is 15.4. The molecule has 0 aliphatic carbocycles. The average Bonchev–Trinajstić information content (AvgIpc) is 2.90. The van der Waals surface area contributed by atoms with Crippen LogP contribution in [0.4, 0.5) is 9.52 Å². The summed E-state index contributed by atoms with van der Waals surface area (Å²) in [6.45, 7) is 7.36. The van der Waals surface area contributed by atoms with E-state index in [0.717, 1.165) is 4.88 Å². The van der Waals surface area contributed by atoms with Gasteiger partial charge in [0.15, 0.2) is 11.3 Å². The van der Waals surface area contributed by atoms with Gasteiger partial charge in [0.2, 0.25) is 0 Å². The predicted molar refractivity (Wildman–Crippen MR) is 90.8 cm³/mol. The summed E-state index contributed by atoms with van der Waals surface area (Å²) in [6.07, 6.45) is 1.93. The molecule has 3 rings (SSSR count). The highest BCUT2D eigenvalue weighted by molar-refractivity contribution is 7.16. The number of alkyl halides is 1. The number of carbonyl (C=O) groups is 1. The van der Waals surface area contributed by atoms with E-state index in [-0.39, 0.29) is 12.0 Å². The van der Waals surface area contributed by atoms with E-state index in [4.69, 9.17) is 16.9 Å². The summed E-state index contributed by atoms with van der Waals surface area (Å²) in [4.78, 5) is 22.1.